The van der Waals surface area contributed by atoms with E-state index in [0.717, 1.165) is 5.92 Å². The Labute approximate surface area is 104 Å². The normalized spacial score (nSPS) is 25.9. The summed E-state index contributed by atoms with van der Waals surface area (Å²) in [6.45, 7) is 7.00. The van der Waals surface area contributed by atoms with Gasteiger partial charge in [0, 0.05) is 11.3 Å². The van der Waals surface area contributed by atoms with E-state index < -0.39 is 0 Å². The molecule has 90 valence electrons. The number of nitrogens with one attached hydrogen (secondary N) is 1. The van der Waals surface area contributed by atoms with Gasteiger partial charge in [0.25, 0.3) is 0 Å². The molecule has 1 unspecified atom stereocenters. The van der Waals surface area contributed by atoms with E-state index >= 15 is 0 Å². The molecule has 17 heavy (non-hydrogen) atoms. The molecule has 0 saturated carbocycles. The van der Waals surface area contributed by atoms with Gasteiger partial charge in [0.15, 0.2) is 0 Å². The van der Waals surface area contributed by atoms with Crippen LogP contribution in [0, 0.1) is 5.92 Å². The quantitative estimate of drug-likeness (QED) is 0.689. The Balaban J connectivity index is 2.18. The van der Waals surface area contributed by atoms with Crippen molar-refractivity contribution >= 4 is 11.3 Å². The van der Waals surface area contributed by atoms with E-state index in [9.17, 15) is 0 Å². The number of para-hydroxylation sites is 1. The van der Waals surface area contributed by atoms with E-state index in [1.807, 2.05) is 0 Å². The number of allylic oxidation sites excluding steroid dienone is 1. The third kappa shape index (κ3) is 1.69. The summed E-state index contributed by atoms with van der Waals surface area (Å²) >= 11 is 0. The Morgan fingerprint density at radius 1 is 1.24 bits per heavy atom. The van der Waals surface area contributed by atoms with Crippen LogP contribution in [0.1, 0.15) is 45.6 Å². The van der Waals surface area contributed by atoms with Gasteiger partial charge >= 0.3 is 0 Å². The third-order valence-corrected chi connectivity index (χ3v) is 4.26. The van der Waals surface area contributed by atoms with E-state index in [-0.39, 0.29) is 5.54 Å². The molecule has 1 heteroatoms. The summed E-state index contributed by atoms with van der Waals surface area (Å²) in [6.07, 6.45) is 3.84. The molecule has 0 radical (unpaired) electrons. The Morgan fingerprint density at radius 2 is 2.00 bits per heavy atom. The molecule has 1 aromatic carbocycles. The number of hydrogen-bond acceptors (Lipinski definition) is 1. The van der Waals surface area contributed by atoms with Crippen LogP contribution in [-0.2, 0) is 0 Å². The number of anilines is 1. The second-order valence-corrected chi connectivity index (χ2v) is 6.10. The summed E-state index contributed by atoms with van der Waals surface area (Å²) in [5.41, 5.74) is 6.13. The molecule has 1 aromatic rings. The summed E-state index contributed by atoms with van der Waals surface area (Å²) in [5, 5.41) is 3.69. The second kappa shape index (κ2) is 3.63. The van der Waals surface area contributed by atoms with Crippen molar-refractivity contribution < 1.29 is 0 Å². The van der Waals surface area contributed by atoms with E-state index in [1.54, 1.807) is 11.1 Å². The molecule has 1 aliphatic heterocycles. The van der Waals surface area contributed by atoms with Gasteiger partial charge in [-0.2, -0.15) is 0 Å². The highest BCUT2D eigenvalue weighted by Gasteiger charge is 2.34. The summed E-state index contributed by atoms with van der Waals surface area (Å²) in [4.78, 5) is 0. The second-order valence-electron chi connectivity index (χ2n) is 6.10. The summed E-state index contributed by atoms with van der Waals surface area (Å²) < 4.78 is 0. The molecule has 1 nitrogen and oxygen atoms in total. The van der Waals surface area contributed by atoms with Gasteiger partial charge in [-0.15, -0.1) is 0 Å². The van der Waals surface area contributed by atoms with Gasteiger partial charge < -0.3 is 5.32 Å². The monoisotopic (exact) mass is 227 g/mol. The highest BCUT2D eigenvalue weighted by atomic mass is 15.0. The fourth-order valence-corrected chi connectivity index (χ4v) is 3.34. The standard InChI is InChI=1S/C16H21N/c1-11-8-9-14-13(10-11)12-6-4-5-7-15(12)17-16(14,2)3/h4-7,11,17H,8-10H2,1-3H3. The summed E-state index contributed by atoms with van der Waals surface area (Å²) in [5.74, 6) is 0.829. The van der Waals surface area contributed by atoms with E-state index in [2.05, 4.69) is 50.4 Å². The molecule has 1 aliphatic carbocycles. The largest absolute Gasteiger partial charge is 0.376 e. The molecule has 0 saturated heterocycles. The molecule has 0 fully saturated rings. The van der Waals surface area contributed by atoms with Crippen molar-refractivity contribution in [3.8, 4) is 0 Å². The number of rotatable bonds is 0. The average molecular weight is 227 g/mol. The molecular weight excluding hydrogens is 206 g/mol. The van der Waals surface area contributed by atoms with Crippen LogP contribution in [-0.4, -0.2) is 5.54 Å². The SMILES string of the molecule is CC1CCC2=C(C1)c1ccccc1NC2(C)C. The van der Waals surface area contributed by atoms with Crippen LogP contribution >= 0.6 is 0 Å². The third-order valence-electron chi connectivity index (χ3n) is 4.26. The minimum absolute atomic E-state index is 0.129. The van der Waals surface area contributed by atoms with Gasteiger partial charge in [0.05, 0.1) is 5.54 Å². The van der Waals surface area contributed by atoms with Gasteiger partial charge in [0.2, 0.25) is 0 Å². The zero-order chi connectivity index (χ0) is 12.0. The van der Waals surface area contributed by atoms with Crippen molar-refractivity contribution in [1.29, 1.82) is 0 Å². The fraction of sp³-hybridized carbons (Fsp3) is 0.500. The molecular formula is C16H21N. The lowest BCUT2D eigenvalue weighted by Crippen LogP contribution is -2.38. The lowest BCUT2D eigenvalue weighted by Gasteiger charge is -2.41. The zero-order valence-electron chi connectivity index (χ0n) is 11.0. The summed E-state index contributed by atoms with van der Waals surface area (Å²) in [6, 6.07) is 8.76. The molecule has 0 spiro atoms. The van der Waals surface area contributed by atoms with Crippen LogP contribution in [0.4, 0.5) is 5.69 Å². The van der Waals surface area contributed by atoms with Crippen LogP contribution in [0.2, 0.25) is 0 Å². The number of hydrogen-bond donors (Lipinski definition) is 1. The molecule has 0 bridgehead atoms. The predicted octanol–water partition coefficient (Wildman–Crippen LogP) is 4.46. The maximum Gasteiger partial charge on any atom is 0.0535 e. The Kier molecular flexibility index (Phi) is 2.32. The van der Waals surface area contributed by atoms with E-state index in [0.29, 0.717) is 0 Å². The van der Waals surface area contributed by atoms with Crippen LogP contribution in [0.5, 0.6) is 0 Å². The lowest BCUT2D eigenvalue weighted by atomic mass is 9.72. The molecule has 3 rings (SSSR count). The van der Waals surface area contributed by atoms with Gasteiger partial charge in [-0.1, -0.05) is 25.1 Å². The van der Waals surface area contributed by atoms with Crippen molar-refractivity contribution in [3.05, 3.63) is 35.4 Å². The molecule has 1 atom stereocenters. The maximum atomic E-state index is 3.69. The van der Waals surface area contributed by atoms with Crippen LogP contribution in [0.15, 0.2) is 29.8 Å². The number of fused-ring (bicyclic) bond motifs is 2. The first kappa shape index (κ1) is 10.9. The Morgan fingerprint density at radius 3 is 2.82 bits per heavy atom. The van der Waals surface area contributed by atoms with Crippen molar-refractivity contribution in [3.63, 3.8) is 0 Å². The van der Waals surface area contributed by atoms with Gasteiger partial charge in [-0.3, -0.25) is 0 Å². The minimum Gasteiger partial charge on any atom is -0.376 e. The smallest absolute Gasteiger partial charge is 0.0535 e. The number of benzene rings is 1. The van der Waals surface area contributed by atoms with Crippen LogP contribution in [0.3, 0.4) is 0 Å². The van der Waals surface area contributed by atoms with E-state index in [4.69, 9.17) is 0 Å². The van der Waals surface area contributed by atoms with Gasteiger partial charge in [-0.05, 0) is 56.2 Å². The minimum atomic E-state index is 0.129. The molecule has 0 aromatic heterocycles. The summed E-state index contributed by atoms with van der Waals surface area (Å²) in [7, 11) is 0. The van der Waals surface area contributed by atoms with Crippen molar-refractivity contribution in [2.75, 3.05) is 5.32 Å². The van der Waals surface area contributed by atoms with Crippen molar-refractivity contribution in [2.45, 2.75) is 45.6 Å². The highest BCUT2D eigenvalue weighted by Crippen LogP contribution is 2.46. The Hall–Kier alpha value is -1.24. The zero-order valence-corrected chi connectivity index (χ0v) is 11.0. The molecule has 2 aliphatic rings. The molecule has 1 N–H and O–H groups in total. The van der Waals surface area contributed by atoms with Crippen molar-refractivity contribution in [1.82, 2.24) is 0 Å². The first-order valence-corrected chi connectivity index (χ1v) is 6.68. The lowest BCUT2D eigenvalue weighted by molar-refractivity contribution is 0.484. The Bertz CT molecular complexity index is 482. The van der Waals surface area contributed by atoms with E-state index in [1.165, 1.54) is 30.5 Å². The average Bonchev–Trinajstić information content (AvgIpc) is 2.28. The molecule has 1 heterocycles. The first-order valence-electron chi connectivity index (χ1n) is 6.68. The first-order chi connectivity index (χ1) is 8.08. The van der Waals surface area contributed by atoms with Crippen LogP contribution in [0.25, 0.3) is 5.57 Å². The maximum absolute atomic E-state index is 3.69. The fourth-order valence-electron chi connectivity index (χ4n) is 3.34. The van der Waals surface area contributed by atoms with Gasteiger partial charge in [0.1, 0.15) is 0 Å². The van der Waals surface area contributed by atoms with Crippen LogP contribution < -0.4 is 5.32 Å². The highest BCUT2D eigenvalue weighted by molar-refractivity contribution is 5.84. The topological polar surface area (TPSA) is 12.0 Å². The van der Waals surface area contributed by atoms with Gasteiger partial charge in [-0.25, -0.2) is 0 Å². The predicted molar refractivity (Wildman–Crippen MR) is 74.1 cm³/mol. The van der Waals surface area contributed by atoms with Crippen molar-refractivity contribution in [2.24, 2.45) is 5.92 Å². The molecule has 0 amide bonds.